The van der Waals surface area contributed by atoms with Crippen LogP contribution in [0.2, 0.25) is 0 Å². The van der Waals surface area contributed by atoms with Gasteiger partial charge in [0.05, 0.1) is 19.4 Å². The summed E-state index contributed by atoms with van der Waals surface area (Å²) in [6.45, 7) is 0.771. The third-order valence-corrected chi connectivity index (χ3v) is 3.54. The highest BCUT2D eigenvalue weighted by atomic mass is 32.2. The van der Waals surface area contributed by atoms with E-state index in [0.29, 0.717) is 0 Å². The van der Waals surface area contributed by atoms with Gasteiger partial charge in [0, 0.05) is 4.90 Å². The second-order valence-corrected chi connectivity index (χ2v) is 4.91. The summed E-state index contributed by atoms with van der Waals surface area (Å²) in [7, 11) is 3.59. The predicted molar refractivity (Wildman–Crippen MR) is 74.0 cm³/mol. The minimum Gasteiger partial charge on any atom is -0.497 e. The average Bonchev–Trinajstić information content (AvgIpc) is 2.85. The van der Waals surface area contributed by atoms with Gasteiger partial charge in [0.25, 0.3) is 0 Å². The smallest absolute Gasteiger partial charge is 0.118 e. The summed E-state index contributed by atoms with van der Waals surface area (Å²) in [4.78, 5) is 1.21. The summed E-state index contributed by atoms with van der Waals surface area (Å²) in [5.41, 5.74) is 0. The van der Waals surface area contributed by atoms with Gasteiger partial charge in [-0.25, -0.2) is 0 Å². The van der Waals surface area contributed by atoms with Gasteiger partial charge in [-0.05, 0) is 43.4 Å². The maximum absolute atomic E-state index is 5.68. The van der Waals surface area contributed by atoms with E-state index in [9.17, 15) is 0 Å². The third kappa shape index (κ3) is 3.55. The van der Waals surface area contributed by atoms with E-state index in [4.69, 9.17) is 9.15 Å². The lowest BCUT2D eigenvalue weighted by atomic mass is 10.3. The van der Waals surface area contributed by atoms with Crippen molar-refractivity contribution in [2.45, 2.75) is 17.2 Å². The van der Waals surface area contributed by atoms with Crippen molar-refractivity contribution in [3.05, 3.63) is 47.9 Å². The summed E-state index contributed by atoms with van der Waals surface area (Å²) < 4.78 is 10.8. The molecule has 0 aliphatic heterocycles. The summed E-state index contributed by atoms with van der Waals surface area (Å²) in [5.74, 6) is 3.70. The molecule has 1 heterocycles. The van der Waals surface area contributed by atoms with Crippen molar-refractivity contribution in [3.63, 3.8) is 0 Å². The molecule has 3 nitrogen and oxygen atoms in total. The molecule has 0 spiro atoms. The van der Waals surface area contributed by atoms with Crippen molar-refractivity contribution >= 4 is 11.8 Å². The molecule has 0 saturated heterocycles. The maximum Gasteiger partial charge on any atom is 0.118 e. The van der Waals surface area contributed by atoms with Crippen LogP contribution in [0.4, 0.5) is 0 Å². The maximum atomic E-state index is 5.68. The van der Waals surface area contributed by atoms with E-state index in [1.807, 2.05) is 31.3 Å². The number of hydrogen-bond acceptors (Lipinski definition) is 4. The molecule has 1 N–H and O–H groups in total. The first-order valence-electron chi connectivity index (χ1n) is 5.81. The lowest BCUT2D eigenvalue weighted by Crippen LogP contribution is -2.03. The van der Waals surface area contributed by atoms with E-state index < -0.39 is 0 Å². The average molecular weight is 263 g/mol. The Morgan fingerprint density at radius 1 is 1.11 bits per heavy atom. The molecule has 4 heteroatoms. The van der Waals surface area contributed by atoms with Crippen LogP contribution < -0.4 is 10.1 Å². The van der Waals surface area contributed by atoms with Gasteiger partial charge in [-0.3, -0.25) is 0 Å². The Bertz CT molecular complexity index is 479. The molecular weight excluding hydrogens is 246 g/mol. The highest BCUT2D eigenvalue weighted by Crippen LogP contribution is 2.25. The first-order chi connectivity index (χ1) is 8.81. The Kier molecular flexibility index (Phi) is 4.73. The Morgan fingerprint density at radius 3 is 2.50 bits per heavy atom. The number of methoxy groups -OCH3 is 1. The van der Waals surface area contributed by atoms with E-state index in [-0.39, 0.29) is 0 Å². The minimum atomic E-state index is 0.771. The van der Waals surface area contributed by atoms with Gasteiger partial charge in [0.2, 0.25) is 0 Å². The van der Waals surface area contributed by atoms with Crippen molar-refractivity contribution in [2.24, 2.45) is 0 Å². The molecule has 2 aromatic rings. The van der Waals surface area contributed by atoms with Crippen LogP contribution in [0, 0.1) is 0 Å². The highest BCUT2D eigenvalue weighted by Gasteiger charge is 2.02. The van der Waals surface area contributed by atoms with Crippen molar-refractivity contribution in [3.8, 4) is 5.75 Å². The minimum absolute atomic E-state index is 0.771. The molecule has 1 aromatic heterocycles. The third-order valence-electron chi connectivity index (χ3n) is 2.51. The zero-order chi connectivity index (χ0) is 12.8. The second-order valence-electron chi connectivity index (χ2n) is 3.86. The molecule has 0 unspecified atom stereocenters. The van der Waals surface area contributed by atoms with Crippen LogP contribution in [-0.2, 0) is 12.3 Å². The van der Waals surface area contributed by atoms with Crippen LogP contribution in [0.3, 0.4) is 0 Å². The number of thioether (sulfide) groups is 1. The van der Waals surface area contributed by atoms with Crippen molar-refractivity contribution in [2.75, 3.05) is 14.2 Å². The summed E-state index contributed by atoms with van der Waals surface area (Å²) >= 11 is 1.75. The highest BCUT2D eigenvalue weighted by molar-refractivity contribution is 7.98. The van der Waals surface area contributed by atoms with E-state index in [0.717, 1.165) is 29.6 Å². The zero-order valence-electron chi connectivity index (χ0n) is 10.6. The van der Waals surface area contributed by atoms with Crippen LogP contribution in [0.1, 0.15) is 11.5 Å². The Morgan fingerprint density at radius 2 is 1.83 bits per heavy atom. The van der Waals surface area contributed by atoms with Crippen LogP contribution in [0.5, 0.6) is 5.75 Å². The fourth-order valence-corrected chi connectivity index (χ4v) is 2.39. The van der Waals surface area contributed by atoms with Crippen LogP contribution >= 0.6 is 11.8 Å². The Labute approximate surface area is 112 Å². The predicted octanol–water partition coefficient (Wildman–Crippen LogP) is 3.30. The molecule has 0 bridgehead atoms. The van der Waals surface area contributed by atoms with Gasteiger partial charge >= 0.3 is 0 Å². The summed E-state index contributed by atoms with van der Waals surface area (Å²) in [6.07, 6.45) is 0. The normalized spacial score (nSPS) is 10.6. The topological polar surface area (TPSA) is 34.4 Å². The molecule has 0 fully saturated rings. The molecular formula is C14H17NO2S. The number of ether oxygens (including phenoxy) is 1. The quantitative estimate of drug-likeness (QED) is 0.811. The van der Waals surface area contributed by atoms with Gasteiger partial charge in [-0.15, -0.1) is 11.8 Å². The molecule has 0 amide bonds. The lowest BCUT2D eigenvalue weighted by Gasteiger charge is -2.02. The van der Waals surface area contributed by atoms with E-state index in [2.05, 4.69) is 17.4 Å². The second kappa shape index (κ2) is 6.52. The monoisotopic (exact) mass is 263 g/mol. The van der Waals surface area contributed by atoms with Crippen molar-refractivity contribution in [1.29, 1.82) is 0 Å². The molecule has 0 saturated carbocycles. The number of furan rings is 1. The standard InChI is InChI=1S/C14H17NO2S/c1-15-9-12-3-4-13(17-12)10-18-14-7-5-11(16-2)6-8-14/h3-8,15H,9-10H2,1-2H3. The number of rotatable bonds is 6. The van der Waals surface area contributed by atoms with Gasteiger partial charge < -0.3 is 14.5 Å². The van der Waals surface area contributed by atoms with Gasteiger partial charge in [0.15, 0.2) is 0 Å². The van der Waals surface area contributed by atoms with Crippen molar-refractivity contribution in [1.82, 2.24) is 5.32 Å². The van der Waals surface area contributed by atoms with E-state index >= 15 is 0 Å². The van der Waals surface area contributed by atoms with Gasteiger partial charge in [-0.1, -0.05) is 0 Å². The number of hydrogen-bond donors (Lipinski definition) is 1. The fourth-order valence-electron chi connectivity index (χ4n) is 1.60. The van der Waals surface area contributed by atoms with E-state index in [1.54, 1.807) is 18.9 Å². The first kappa shape index (κ1) is 13.1. The molecule has 0 atom stereocenters. The Balaban J connectivity index is 1.89. The summed E-state index contributed by atoms with van der Waals surface area (Å²) in [5, 5.41) is 3.07. The van der Waals surface area contributed by atoms with Gasteiger partial charge in [0.1, 0.15) is 17.3 Å². The molecule has 1 aromatic carbocycles. The van der Waals surface area contributed by atoms with Crippen molar-refractivity contribution < 1.29 is 9.15 Å². The molecule has 18 heavy (non-hydrogen) atoms. The largest absolute Gasteiger partial charge is 0.497 e. The molecule has 2 rings (SSSR count). The fraction of sp³-hybridized carbons (Fsp3) is 0.286. The number of benzene rings is 1. The molecule has 0 aliphatic carbocycles. The summed E-state index contributed by atoms with van der Waals surface area (Å²) in [6, 6.07) is 12.1. The first-order valence-corrected chi connectivity index (χ1v) is 6.79. The lowest BCUT2D eigenvalue weighted by molar-refractivity contribution is 0.414. The van der Waals surface area contributed by atoms with Gasteiger partial charge in [-0.2, -0.15) is 0 Å². The SMILES string of the molecule is CNCc1ccc(CSc2ccc(OC)cc2)o1. The van der Waals surface area contributed by atoms with Crippen LogP contribution in [-0.4, -0.2) is 14.2 Å². The zero-order valence-corrected chi connectivity index (χ0v) is 11.4. The molecule has 0 aliphatic rings. The molecule has 96 valence electrons. The van der Waals surface area contributed by atoms with Crippen LogP contribution in [0.25, 0.3) is 0 Å². The number of nitrogens with one attached hydrogen (secondary N) is 1. The molecule has 0 radical (unpaired) electrons. The van der Waals surface area contributed by atoms with Crippen LogP contribution in [0.15, 0.2) is 45.7 Å². The van der Waals surface area contributed by atoms with E-state index in [1.165, 1.54) is 4.90 Å². The Hall–Kier alpha value is -1.39.